The van der Waals surface area contributed by atoms with E-state index < -0.39 is 0 Å². The van der Waals surface area contributed by atoms with Crippen molar-refractivity contribution in [3.05, 3.63) is 187 Å². The van der Waals surface area contributed by atoms with Crippen molar-refractivity contribution in [2.75, 3.05) is 17.1 Å². The lowest BCUT2D eigenvalue weighted by molar-refractivity contribution is 0.425. The molecule has 5 aromatic rings. The molecule has 3 aliphatic heterocycles. The van der Waals surface area contributed by atoms with Gasteiger partial charge in [0.1, 0.15) is 0 Å². The van der Waals surface area contributed by atoms with E-state index in [2.05, 4.69) is 199 Å². The van der Waals surface area contributed by atoms with Gasteiger partial charge in [0.25, 0.3) is 0 Å². The second-order valence-electron chi connectivity index (χ2n) is 13.0. The second-order valence-corrected chi connectivity index (χ2v) is 13.0. The summed E-state index contributed by atoms with van der Waals surface area (Å²) in [7, 11) is 2.18. The zero-order valence-corrected chi connectivity index (χ0v) is 28.2. The summed E-state index contributed by atoms with van der Waals surface area (Å²) >= 11 is 0. The van der Waals surface area contributed by atoms with Gasteiger partial charge in [0.05, 0.1) is 22.7 Å². The van der Waals surface area contributed by atoms with Gasteiger partial charge in [-0.3, -0.25) is 0 Å². The molecule has 240 valence electrons. The summed E-state index contributed by atoms with van der Waals surface area (Å²) in [6.45, 7) is 9.18. The number of dihydropyridines is 1. The number of allylic oxidation sites excluding steroid dienone is 4. The van der Waals surface area contributed by atoms with Crippen LogP contribution in [-0.2, 0) is 0 Å². The molecular formula is C45H40N4. The van der Waals surface area contributed by atoms with E-state index in [4.69, 9.17) is 6.58 Å². The van der Waals surface area contributed by atoms with Crippen LogP contribution in [0.25, 0.3) is 28.1 Å². The Balaban J connectivity index is 1.47. The number of benzene rings is 5. The van der Waals surface area contributed by atoms with Crippen LogP contribution in [0.4, 0.5) is 22.7 Å². The molecule has 3 heterocycles. The van der Waals surface area contributed by atoms with Crippen molar-refractivity contribution in [2.45, 2.75) is 25.9 Å². The van der Waals surface area contributed by atoms with E-state index in [1.54, 1.807) is 0 Å². The highest BCUT2D eigenvalue weighted by Gasteiger charge is 2.30. The molecule has 0 aromatic heterocycles. The van der Waals surface area contributed by atoms with E-state index in [1.807, 2.05) is 0 Å². The highest BCUT2D eigenvalue weighted by molar-refractivity contribution is 5.99. The Morgan fingerprint density at radius 3 is 1.92 bits per heavy atom. The first-order valence-electron chi connectivity index (χ1n) is 17.0. The van der Waals surface area contributed by atoms with Gasteiger partial charge in [-0.1, -0.05) is 110 Å². The summed E-state index contributed by atoms with van der Waals surface area (Å²) in [5.41, 5.74) is 14.3. The third-order valence-electron chi connectivity index (χ3n) is 9.78. The second kappa shape index (κ2) is 12.6. The van der Waals surface area contributed by atoms with Gasteiger partial charge in [0.15, 0.2) is 0 Å². The fourth-order valence-corrected chi connectivity index (χ4v) is 7.17. The Morgan fingerprint density at radius 1 is 0.571 bits per heavy atom. The van der Waals surface area contributed by atoms with Crippen molar-refractivity contribution >= 4 is 39.7 Å². The predicted octanol–water partition coefficient (Wildman–Crippen LogP) is 10.7. The van der Waals surface area contributed by atoms with Crippen molar-refractivity contribution in [1.82, 2.24) is 10.2 Å². The van der Waals surface area contributed by atoms with Crippen molar-refractivity contribution in [1.29, 1.82) is 0 Å². The van der Waals surface area contributed by atoms with Crippen molar-refractivity contribution in [3.63, 3.8) is 0 Å². The number of rotatable bonds is 4. The number of hydrazine groups is 1. The average Bonchev–Trinajstić information content (AvgIpc) is 3.18. The third-order valence-corrected chi connectivity index (χ3v) is 9.78. The Bertz CT molecular complexity index is 2190. The van der Waals surface area contributed by atoms with Crippen molar-refractivity contribution < 1.29 is 0 Å². The van der Waals surface area contributed by atoms with Crippen molar-refractivity contribution in [3.8, 4) is 11.1 Å². The van der Waals surface area contributed by atoms with Crippen LogP contribution < -0.4 is 15.3 Å². The number of hydrogen-bond donors (Lipinski definition) is 1. The van der Waals surface area contributed by atoms with Gasteiger partial charge in [0, 0.05) is 52.8 Å². The van der Waals surface area contributed by atoms with E-state index in [1.165, 1.54) is 5.70 Å². The zero-order valence-electron chi connectivity index (χ0n) is 28.2. The monoisotopic (exact) mass is 636 g/mol. The molecule has 0 saturated carbocycles. The minimum Gasteiger partial charge on any atom is -0.379 e. The Hall–Kier alpha value is -6.00. The first-order chi connectivity index (χ1) is 24.0. The largest absolute Gasteiger partial charge is 0.379 e. The molecule has 0 radical (unpaired) electrons. The van der Waals surface area contributed by atoms with Gasteiger partial charge >= 0.3 is 0 Å². The molecule has 0 spiro atoms. The van der Waals surface area contributed by atoms with Crippen LogP contribution in [0.15, 0.2) is 164 Å². The van der Waals surface area contributed by atoms with Crippen LogP contribution in [0.2, 0.25) is 0 Å². The summed E-state index contributed by atoms with van der Waals surface area (Å²) in [6.07, 6.45) is 13.2. The lowest BCUT2D eigenvalue weighted by Gasteiger charge is -2.40. The van der Waals surface area contributed by atoms with Crippen LogP contribution in [0.3, 0.4) is 0 Å². The van der Waals surface area contributed by atoms with Crippen molar-refractivity contribution in [2.24, 2.45) is 0 Å². The molecule has 2 atom stereocenters. The standard InChI is InChI=1S/C45H40N4/c1-31-16-14-24-42(46-31)34-28-35(43-27-15-17-32(2)47(43)4)30-37(29-34)49-44-25-12-10-21-39(44)33(3)38-20-8-9-22-40(38)41-23-11-13-26-45(41)48(49)36-18-6-5-7-19-36/h5-32,46H,3H2,1-2,4H3. The number of nitrogens with zero attached hydrogens (tertiary/aromatic N) is 3. The molecule has 0 fully saturated rings. The van der Waals surface area contributed by atoms with E-state index in [9.17, 15) is 0 Å². The molecule has 49 heavy (non-hydrogen) atoms. The van der Waals surface area contributed by atoms with Gasteiger partial charge in [-0.25, -0.2) is 10.0 Å². The molecule has 0 amide bonds. The molecule has 4 heteroatoms. The first kappa shape index (κ1) is 30.3. The molecule has 2 unspecified atom stereocenters. The maximum absolute atomic E-state index is 4.75. The van der Waals surface area contributed by atoms with Gasteiger partial charge in [-0.15, -0.1) is 0 Å². The first-order valence-corrected chi connectivity index (χ1v) is 17.0. The smallest absolute Gasteiger partial charge is 0.0715 e. The topological polar surface area (TPSA) is 21.8 Å². The number of fused-ring (bicyclic) bond motifs is 4. The zero-order chi connectivity index (χ0) is 33.5. The number of hydrogen-bond acceptors (Lipinski definition) is 4. The Kier molecular flexibility index (Phi) is 7.77. The summed E-state index contributed by atoms with van der Waals surface area (Å²) in [6, 6.07) is 44.2. The minimum absolute atomic E-state index is 0.229. The third kappa shape index (κ3) is 5.45. The van der Waals surface area contributed by atoms with E-state index in [-0.39, 0.29) is 12.1 Å². The maximum Gasteiger partial charge on any atom is 0.0715 e. The SMILES string of the molecule is C=C1c2ccccc2-c2ccccc2N(c2ccccc2)N(c2cc(C3=CC=CC(C)N3)cc(C3=CC=CC(C)N3C)c2)c2ccccc21. The number of para-hydroxylation sites is 3. The van der Waals surface area contributed by atoms with E-state index in [0.29, 0.717) is 0 Å². The van der Waals surface area contributed by atoms with Crippen LogP contribution in [0.5, 0.6) is 0 Å². The summed E-state index contributed by atoms with van der Waals surface area (Å²) in [5, 5.41) is 8.48. The predicted molar refractivity (Wildman–Crippen MR) is 208 cm³/mol. The van der Waals surface area contributed by atoms with Gasteiger partial charge in [-0.05, 0) is 85.2 Å². The molecule has 3 aliphatic rings. The Labute approximate surface area is 289 Å². The number of anilines is 4. The molecule has 1 N–H and O–H groups in total. The van der Waals surface area contributed by atoms with E-state index >= 15 is 0 Å². The lowest BCUT2D eigenvalue weighted by Crippen LogP contribution is -2.37. The molecule has 0 aliphatic carbocycles. The van der Waals surface area contributed by atoms with Crippen LogP contribution >= 0.6 is 0 Å². The van der Waals surface area contributed by atoms with Crippen LogP contribution in [0, 0.1) is 0 Å². The fraction of sp³-hybridized carbons (Fsp3) is 0.111. The minimum atomic E-state index is 0.229. The quantitative estimate of drug-likeness (QED) is 0.212. The van der Waals surface area contributed by atoms with E-state index in [0.717, 1.165) is 67.4 Å². The molecule has 0 saturated heterocycles. The normalized spacial score (nSPS) is 18.3. The lowest BCUT2D eigenvalue weighted by atomic mass is 9.90. The van der Waals surface area contributed by atoms with Gasteiger partial charge < -0.3 is 10.2 Å². The summed E-state index contributed by atoms with van der Waals surface area (Å²) < 4.78 is 0. The van der Waals surface area contributed by atoms with Crippen LogP contribution in [0.1, 0.15) is 36.1 Å². The number of nitrogens with one attached hydrogen (secondary N) is 1. The number of likely N-dealkylation sites (N-methyl/N-ethyl adjacent to an activating group) is 1. The van der Waals surface area contributed by atoms with Gasteiger partial charge in [-0.2, -0.15) is 0 Å². The molecule has 8 rings (SSSR count). The maximum atomic E-state index is 4.75. The van der Waals surface area contributed by atoms with Crippen LogP contribution in [-0.4, -0.2) is 24.0 Å². The molecule has 5 aromatic carbocycles. The van der Waals surface area contributed by atoms with Gasteiger partial charge in [0.2, 0.25) is 0 Å². The summed E-state index contributed by atoms with van der Waals surface area (Å²) in [5.74, 6) is 0. The summed E-state index contributed by atoms with van der Waals surface area (Å²) in [4.78, 5) is 2.35. The highest BCUT2D eigenvalue weighted by Crippen LogP contribution is 2.48. The molecule has 0 bridgehead atoms. The Morgan fingerprint density at radius 2 is 1.16 bits per heavy atom. The average molecular weight is 637 g/mol. The molecular weight excluding hydrogens is 597 g/mol. The highest BCUT2D eigenvalue weighted by atomic mass is 15.6. The molecule has 4 nitrogen and oxygen atoms in total. The fourth-order valence-electron chi connectivity index (χ4n) is 7.17.